The Morgan fingerprint density at radius 1 is 1.88 bits per heavy atom. The van der Waals surface area contributed by atoms with Gasteiger partial charge >= 0.3 is 0 Å². The fourth-order valence-corrected chi connectivity index (χ4v) is 0.415. The highest BCUT2D eigenvalue weighted by molar-refractivity contribution is 5.70. The first-order valence-electron chi connectivity index (χ1n) is 2.14. The van der Waals surface area contributed by atoms with Gasteiger partial charge in [-0.05, 0) is 0 Å². The molecule has 0 saturated heterocycles. The number of carbonyl (C=O) groups is 1. The monoisotopic (exact) mass is 111 g/mol. The van der Waals surface area contributed by atoms with Crippen molar-refractivity contribution in [2.75, 3.05) is 0 Å². The van der Waals surface area contributed by atoms with Gasteiger partial charge in [-0.3, -0.25) is 4.79 Å². The second kappa shape index (κ2) is 1.73. The van der Waals surface area contributed by atoms with E-state index in [-0.39, 0.29) is 0 Å². The average Bonchev–Trinajstić information content (AvgIpc) is 2.14. The van der Waals surface area contributed by atoms with Crippen LogP contribution in [0.1, 0.15) is 10.5 Å². The Balaban J connectivity index is 3.00. The quantitative estimate of drug-likeness (QED) is 0.464. The Morgan fingerprint density at radius 3 is 2.88 bits per heavy atom. The van der Waals surface area contributed by atoms with Gasteiger partial charge in [-0.15, -0.1) is 0 Å². The maximum absolute atomic E-state index is 9.90. The first kappa shape index (κ1) is 4.96. The van der Waals surface area contributed by atoms with E-state index < -0.39 is 0 Å². The van der Waals surface area contributed by atoms with Gasteiger partial charge in [-0.1, -0.05) is 0 Å². The molecule has 42 valence electrons. The van der Waals surface area contributed by atoms with Gasteiger partial charge in [-0.25, -0.2) is 0 Å². The van der Waals surface area contributed by atoms with E-state index >= 15 is 0 Å². The van der Waals surface area contributed by atoms with Gasteiger partial charge in [0.15, 0.2) is 6.29 Å². The topological polar surface area (TPSA) is 47.8 Å². The molecule has 4 nitrogen and oxygen atoms in total. The summed E-state index contributed by atoms with van der Waals surface area (Å²) in [5.74, 6) is 0. The summed E-state index contributed by atoms with van der Waals surface area (Å²) in [5, 5.41) is 7.33. The van der Waals surface area contributed by atoms with E-state index in [1.165, 1.54) is 11.0 Å². The Morgan fingerprint density at radius 2 is 2.62 bits per heavy atom. The second-order valence-electron chi connectivity index (χ2n) is 1.38. The van der Waals surface area contributed by atoms with E-state index in [0.29, 0.717) is 12.0 Å². The van der Waals surface area contributed by atoms with Crippen molar-refractivity contribution in [2.24, 2.45) is 7.05 Å². The molecule has 0 saturated carbocycles. The molecule has 0 fully saturated rings. The van der Waals surface area contributed by atoms with Crippen molar-refractivity contribution in [1.82, 2.24) is 15.0 Å². The molecule has 0 unspecified atom stereocenters. The SMILES string of the molecule is Cn1ncc(C=O)n1. The molecule has 0 amide bonds. The molecule has 0 bridgehead atoms. The highest BCUT2D eigenvalue weighted by atomic mass is 16.1. The van der Waals surface area contributed by atoms with Crippen LogP contribution in [0.25, 0.3) is 0 Å². The van der Waals surface area contributed by atoms with Gasteiger partial charge < -0.3 is 0 Å². The lowest BCUT2D eigenvalue weighted by atomic mass is 10.6. The van der Waals surface area contributed by atoms with Crippen LogP contribution in [0.3, 0.4) is 0 Å². The van der Waals surface area contributed by atoms with E-state index in [9.17, 15) is 4.79 Å². The molecule has 1 aromatic heterocycles. The summed E-state index contributed by atoms with van der Waals surface area (Å²) in [6.07, 6.45) is 2.07. The van der Waals surface area contributed by atoms with Crippen LogP contribution in [0.2, 0.25) is 0 Å². The van der Waals surface area contributed by atoms with Crippen molar-refractivity contribution in [2.45, 2.75) is 0 Å². The molecule has 0 aliphatic heterocycles. The van der Waals surface area contributed by atoms with E-state index in [1.807, 2.05) is 0 Å². The fraction of sp³-hybridized carbons (Fsp3) is 0.250. The Labute approximate surface area is 46.1 Å². The molecule has 8 heavy (non-hydrogen) atoms. The molecular weight excluding hydrogens is 106 g/mol. The molecule has 0 N–H and O–H groups in total. The van der Waals surface area contributed by atoms with Crippen molar-refractivity contribution in [1.29, 1.82) is 0 Å². The zero-order chi connectivity index (χ0) is 5.98. The lowest BCUT2D eigenvalue weighted by Gasteiger charge is -1.76. The molecule has 0 aliphatic carbocycles. The van der Waals surface area contributed by atoms with E-state index in [4.69, 9.17) is 0 Å². The van der Waals surface area contributed by atoms with Gasteiger partial charge in [-0.2, -0.15) is 15.0 Å². The van der Waals surface area contributed by atoms with Crippen molar-refractivity contribution in [3.63, 3.8) is 0 Å². The van der Waals surface area contributed by atoms with Crippen LogP contribution in [-0.2, 0) is 7.05 Å². The molecule has 1 rings (SSSR count). The number of hydrogen-bond donors (Lipinski definition) is 0. The molecule has 4 heteroatoms. The molecule has 1 aromatic rings. The fourth-order valence-electron chi connectivity index (χ4n) is 0.415. The predicted molar refractivity (Wildman–Crippen MR) is 26.4 cm³/mol. The van der Waals surface area contributed by atoms with Crippen LogP contribution in [0.4, 0.5) is 0 Å². The molecule has 1 heterocycles. The van der Waals surface area contributed by atoms with Gasteiger partial charge in [0.2, 0.25) is 0 Å². The third-order valence-corrected chi connectivity index (χ3v) is 0.738. The molecular formula is C4H5N3O. The average molecular weight is 111 g/mol. The first-order valence-corrected chi connectivity index (χ1v) is 2.14. The van der Waals surface area contributed by atoms with Gasteiger partial charge in [0, 0.05) is 7.05 Å². The number of aldehydes is 1. The summed E-state index contributed by atoms with van der Waals surface area (Å²) in [6.45, 7) is 0. The maximum atomic E-state index is 9.90. The number of rotatable bonds is 1. The smallest absolute Gasteiger partial charge is 0.171 e. The molecule has 0 spiro atoms. The summed E-state index contributed by atoms with van der Waals surface area (Å²) in [4.78, 5) is 11.2. The van der Waals surface area contributed by atoms with Crippen molar-refractivity contribution in [3.8, 4) is 0 Å². The van der Waals surface area contributed by atoms with Crippen molar-refractivity contribution >= 4 is 6.29 Å². The zero-order valence-electron chi connectivity index (χ0n) is 4.40. The number of aryl methyl sites for hydroxylation is 1. The largest absolute Gasteiger partial charge is 0.296 e. The van der Waals surface area contributed by atoms with Gasteiger partial charge in [0.25, 0.3) is 0 Å². The maximum Gasteiger partial charge on any atom is 0.171 e. The third kappa shape index (κ3) is 0.726. The first-order chi connectivity index (χ1) is 3.83. The highest BCUT2D eigenvalue weighted by Crippen LogP contribution is 1.80. The van der Waals surface area contributed by atoms with Crippen LogP contribution in [0, 0.1) is 0 Å². The molecule has 0 aliphatic rings. The number of nitrogens with zero attached hydrogens (tertiary/aromatic N) is 3. The van der Waals surface area contributed by atoms with Crippen LogP contribution >= 0.6 is 0 Å². The Bertz CT molecular complexity index is 193. The minimum absolute atomic E-state index is 0.368. The lowest BCUT2D eigenvalue weighted by molar-refractivity contribution is 0.111. The molecule has 0 atom stereocenters. The van der Waals surface area contributed by atoms with Crippen LogP contribution in [-0.4, -0.2) is 21.3 Å². The Kier molecular flexibility index (Phi) is 1.07. The normalized spacial score (nSPS) is 9.12. The van der Waals surface area contributed by atoms with E-state index in [2.05, 4.69) is 10.2 Å². The van der Waals surface area contributed by atoms with Gasteiger partial charge in [0.1, 0.15) is 5.69 Å². The summed E-state index contributed by atoms with van der Waals surface area (Å²) in [7, 11) is 1.66. The number of carbonyl (C=O) groups excluding carboxylic acids is 1. The minimum atomic E-state index is 0.368. The summed E-state index contributed by atoms with van der Waals surface area (Å²) >= 11 is 0. The minimum Gasteiger partial charge on any atom is -0.296 e. The van der Waals surface area contributed by atoms with Crippen molar-refractivity contribution in [3.05, 3.63) is 11.9 Å². The lowest BCUT2D eigenvalue weighted by Crippen LogP contribution is -1.92. The van der Waals surface area contributed by atoms with Crippen LogP contribution < -0.4 is 0 Å². The highest BCUT2D eigenvalue weighted by Gasteiger charge is 1.90. The van der Waals surface area contributed by atoms with E-state index in [0.717, 1.165) is 0 Å². The number of aromatic nitrogens is 3. The Hall–Kier alpha value is -1.19. The summed E-state index contributed by atoms with van der Waals surface area (Å²) in [5.41, 5.74) is 0.368. The van der Waals surface area contributed by atoms with E-state index in [1.54, 1.807) is 7.05 Å². The summed E-state index contributed by atoms with van der Waals surface area (Å²) < 4.78 is 0. The third-order valence-electron chi connectivity index (χ3n) is 0.738. The zero-order valence-corrected chi connectivity index (χ0v) is 4.40. The molecule has 0 radical (unpaired) electrons. The summed E-state index contributed by atoms with van der Waals surface area (Å²) in [6, 6.07) is 0. The second-order valence-corrected chi connectivity index (χ2v) is 1.38. The van der Waals surface area contributed by atoms with Crippen LogP contribution in [0.5, 0.6) is 0 Å². The standard InChI is InChI=1S/C4H5N3O/c1-7-5-2-4(3-8)6-7/h2-3H,1H3. The molecule has 0 aromatic carbocycles. The predicted octanol–water partition coefficient (Wildman–Crippen LogP) is -0.372. The van der Waals surface area contributed by atoms with Crippen LogP contribution in [0.15, 0.2) is 6.20 Å². The van der Waals surface area contributed by atoms with Gasteiger partial charge in [0.05, 0.1) is 6.20 Å². The van der Waals surface area contributed by atoms with Crippen molar-refractivity contribution < 1.29 is 4.79 Å². The number of hydrogen-bond acceptors (Lipinski definition) is 3.